The fraction of sp³-hybridized carbons (Fsp3) is 0.429. The molecule has 0 aliphatic heterocycles. The maximum atomic E-state index is 6.30. The highest BCUT2D eigenvalue weighted by Crippen LogP contribution is 2.27. The van der Waals surface area contributed by atoms with Crippen LogP contribution in [0.25, 0.3) is 11.2 Å². The number of thiophene rings is 1. The van der Waals surface area contributed by atoms with Gasteiger partial charge in [0, 0.05) is 18.5 Å². The standard InChI is InChI=1S/C14H16Cl2N4S/c1-8(15)13-17-12-9(2)18-19(3)14(12)20(13)7-6-10-4-5-11(16)21-10/h4-5,8H,6-7H2,1-3H3. The van der Waals surface area contributed by atoms with Crippen molar-refractivity contribution >= 4 is 45.7 Å². The molecule has 0 bridgehead atoms. The second-order valence-electron chi connectivity index (χ2n) is 5.07. The molecule has 3 heterocycles. The largest absolute Gasteiger partial charge is 0.311 e. The predicted octanol–water partition coefficient (Wildman–Crippen LogP) is 4.34. The van der Waals surface area contributed by atoms with Gasteiger partial charge in [0.05, 0.1) is 15.4 Å². The molecule has 0 aliphatic rings. The van der Waals surface area contributed by atoms with Crippen LogP contribution in [0, 0.1) is 6.92 Å². The molecular formula is C14H16Cl2N4S. The lowest BCUT2D eigenvalue weighted by Gasteiger charge is -2.10. The average Bonchev–Trinajstić information content (AvgIpc) is 3.05. The van der Waals surface area contributed by atoms with E-state index in [9.17, 15) is 0 Å². The Labute approximate surface area is 137 Å². The van der Waals surface area contributed by atoms with Crippen molar-refractivity contribution in [2.24, 2.45) is 7.05 Å². The Hall–Kier alpha value is -1.04. The molecule has 0 spiro atoms. The van der Waals surface area contributed by atoms with E-state index in [1.807, 2.05) is 31.6 Å². The summed E-state index contributed by atoms with van der Waals surface area (Å²) in [6.45, 7) is 4.74. The van der Waals surface area contributed by atoms with Gasteiger partial charge in [-0.25, -0.2) is 4.98 Å². The van der Waals surface area contributed by atoms with E-state index in [0.717, 1.165) is 40.0 Å². The molecule has 0 fully saturated rings. The fourth-order valence-electron chi connectivity index (χ4n) is 2.58. The fourth-order valence-corrected chi connectivity index (χ4v) is 3.83. The average molecular weight is 343 g/mol. The highest BCUT2D eigenvalue weighted by Gasteiger charge is 2.20. The van der Waals surface area contributed by atoms with E-state index >= 15 is 0 Å². The first-order valence-corrected chi connectivity index (χ1v) is 8.38. The number of hydrogen-bond donors (Lipinski definition) is 0. The van der Waals surface area contributed by atoms with Crippen LogP contribution in [0.2, 0.25) is 4.34 Å². The van der Waals surface area contributed by atoms with E-state index in [1.54, 1.807) is 11.3 Å². The molecule has 1 atom stereocenters. The minimum atomic E-state index is -0.135. The van der Waals surface area contributed by atoms with Crippen LogP contribution in [-0.2, 0) is 20.0 Å². The van der Waals surface area contributed by atoms with Crippen LogP contribution < -0.4 is 0 Å². The number of aryl methyl sites for hydroxylation is 4. The number of rotatable bonds is 4. The van der Waals surface area contributed by atoms with Crippen molar-refractivity contribution in [3.8, 4) is 0 Å². The molecule has 3 aromatic heterocycles. The van der Waals surface area contributed by atoms with E-state index in [0.29, 0.717) is 0 Å². The molecule has 112 valence electrons. The van der Waals surface area contributed by atoms with Crippen LogP contribution in [0.3, 0.4) is 0 Å². The zero-order valence-electron chi connectivity index (χ0n) is 12.1. The third-order valence-corrected chi connectivity index (χ3v) is 4.97. The molecule has 21 heavy (non-hydrogen) atoms. The molecule has 0 amide bonds. The van der Waals surface area contributed by atoms with Crippen LogP contribution in [0.15, 0.2) is 12.1 Å². The first-order chi connectivity index (χ1) is 9.97. The van der Waals surface area contributed by atoms with Crippen molar-refractivity contribution in [2.75, 3.05) is 0 Å². The van der Waals surface area contributed by atoms with Crippen molar-refractivity contribution < 1.29 is 0 Å². The van der Waals surface area contributed by atoms with E-state index in [2.05, 4.69) is 20.7 Å². The van der Waals surface area contributed by atoms with Gasteiger partial charge in [0.15, 0.2) is 5.65 Å². The van der Waals surface area contributed by atoms with Crippen LogP contribution in [-0.4, -0.2) is 19.3 Å². The lowest BCUT2D eigenvalue weighted by molar-refractivity contribution is 0.640. The molecule has 1 unspecified atom stereocenters. The zero-order valence-corrected chi connectivity index (χ0v) is 14.4. The van der Waals surface area contributed by atoms with Gasteiger partial charge in [-0.2, -0.15) is 5.10 Å². The maximum absolute atomic E-state index is 6.30. The molecular weight excluding hydrogens is 327 g/mol. The molecule has 0 radical (unpaired) electrons. The van der Waals surface area contributed by atoms with Gasteiger partial charge in [0.2, 0.25) is 0 Å². The molecule has 0 saturated heterocycles. The molecule has 3 aromatic rings. The summed E-state index contributed by atoms with van der Waals surface area (Å²) in [6.07, 6.45) is 0.906. The van der Waals surface area contributed by atoms with Crippen molar-refractivity contribution in [3.63, 3.8) is 0 Å². The van der Waals surface area contributed by atoms with E-state index in [4.69, 9.17) is 23.2 Å². The number of aromatic nitrogens is 4. The van der Waals surface area contributed by atoms with Crippen LogP contribution in [0.5, 0.6) is 0 Å². The quantitative estimate of drug-likeness (QED) is 0.661. The predicted molar refractivity (Wildman–Crippen MR) is 88.5 cm³/mol. The molecule has 3 rings (SSSR count). The molecule has 4 nitrogen and oxygen atoms in total. The third-order valence-electron chi connectivity index (χ3n) is 3.49. The van der Waals surface area contributed by atoms with Crippen molar-refractivity contribution in [3.05, 3.63) is 32.9 Å². The van der Waals surface area contributed by atoms with Gasteiger partial charge in [0.25, 0.3) is 0 Å². The topological polar surface area (TPSA) is 35.6 Å². The third kappa shape index (κ3) is 2.70. The Morgan fingerprint density at radius 1 is 1.38 bits per heavy atom. The summed E-state index contributed by atoms with van der Waals surface area (Å²) in [5.74, 6) is 0.894. The van der Waals surface area contributed by atoms with Gasteiger partial charge in [-0.15, -0.1) is 22.9 Å². The minimum absolute atomic E-state index is 0.135. The van der Waals surface area contributed by atoms with Crippen molar-refractivity contribution in [1.82, 2.24) is 19.3 Å². The summed E-state index contributed by atoms with van der Waals surface area (Å²) in [5, 5.41) is 4.31. The summed E-state index contributed by atoms with van der Waals surface area (Å²) >= 11 is 13.9. The Morgan fingerprint density at radius 2 is 2.14 bits per heavy atom. The number of fused-ring (bicyclic) bond motifs is 1. The summed E-state index contributed by atoms with van der Waals surface area (Å²) in [5.41, 5.74) is 2.89. The number of halogens is 2. The molecule has 0 saturated carbocycles. The Bertz CT molecular complexity index is 784. The normalized spacial score (nSPS) is 13.2. The summed E-state index contributed by atoms with van der Waals surface area (Å²) in [4.78, 5) is 5.93. The number of imidazole rings is 1. The maximum Gasteiger partial charge on any atom is 0.158 e. The monoisotopic (exact) mass is 342 g/mol. The highest BCUT2D eigenvalue weighted by atomic mass is 35.5. The molecule has 0 aromatic carbocycles. The summed E-state index contributed by atoms with van der Waals surface area (Å²) < 4.78 is 4.87. The van der Waals surface area contributed by atoms with E-state index in [-0.39, 0.29) is 5.38 Å². The highest BCUT2D eigenvalue weighted by molar-refractivity contribution is 7.16. The van der Waals surface area contributed by atoms with Gasteiger partial charge >= 0.3 is 0 Å². The molecule has 0 aliphatic carbocycles. The summed E-state index contributed by atoms with van der Waals surface area (Å²) in [7, 11) is 1.94. The van der Waals surface area contributed by atoms with Crippen LogP contribution in [0.1, 0.15) is 28.7 Å². The SMILES string of the molecule is Cc1nn(C)c2c1nc(C(C)Cl)n2CCc1ccc(Cl)s1. The second kappa shape index (κ2) is 5.63. The van der Waals surface area contributed by atoms with Gasteiger partial charge in [-0.1, -0.05) is 11.6 Å². The van der Waals surface area contributed by atoms with Gasteiger partial charge < -0.3 is 4.57 Å². The van der Waals surface area contributed by atoms with E-state index < -0.39 is 0 Å². The van der Waals surface area contributed by atoms with Crippen LogP contribution >= 0.6 is 34.5 Å². The second-order valence-corrected chi connectivity index (χ2v) is 7.53. The van der Waals surface area contributed by atoms with Crippen molar-refractivity contribution in [2.45, 2.75) is 32.2 Å². The van der Waals surface area contributed by atoms with Crippen molar-refractivity contribution in [1.29, 1.82) is 0 Å². The lowest BCUT2D eigenvalue weighted by atomic mass is 10.3. The Morgan fingerprint density at radius 3 is 2.76 bits per heavy atom. The van der Waals surface area contributed by atoms with Gasteiger partial charge in [0.1, 0.15) is 11.3 Å². The molecule has 7 heteroatoms. The Kier molecular flexibility index (Phi) is 3.99. The Balaban J connectivity index is 2.00. The van der Waals surface area contributed by atoms with Gasteiger partial charge in [-0.05, 0) is 32.4 Å². The van der Waals surface area contributed by atoms with E-state index in [1.165, 1.54) is 4.88 Å². The lowest BCUT2D eigenvalue weighted by Crippen LogP contribution is -2.09. The zero-order chi connectivity index (χ0) is 15.1. The number of alkyl halides is 1. The van der Waals surface area contributed by atoms with Crippen LogP contribution in [0.4, 0.5) is 0 Å². The molecule has 0 N–H and O–H groups in total. The minimum Gasteiger partial charge on any atom is -0.311 e. The number of hydrogen-bond acceptors (Lipinski definition) is 3. The van der Waals surface area contributed by atoms with Gasteiger partial charge in [-0.3, -0.25) is 4.68 Å². The first-order valence-electron chi connectivity index (χ1n) is 6.75. The first kappa shape index (κ1) is 14.9. The smallest absolute Gasteiger partial charge is 0.158 e. The number of nitrogens with zero attached hydrogens (tertiary/aromatic N) is 4. The summed E-state index contributed by atoms with van der Waals surface area (Å²) in [6, 6.07) is 4.00.